The molecule has 0 bridgehead atoms. The van der Waals surface area contributed by atoms with Gasteiger partial charge in [-0.3, -0.25) is 4.90 Å². The molecule has 1 aromatic heterocycles. The Hall–Kier alpha value is -0.380. The van der Waals surface area contributed by atoms with Gasteiger partial charge in [0.05, 0.1) is 0 Å². The Morgan fingerprint density at radius 2 is 2.35 bits per heavy atom. The average molecular weight is 252 g/mol. The fourth-order valence-electron chi connectivity index (χ4n) is 2.48. The van der Waals surface area contributed by atoms with Crippen LogP contribution in [0.5, 0.6) is 0 Å². The smallest absolute Gasteiger partial charge is 0.0300 e. The topological polar surface area (TPSA) is 15.3 Å². The van der Waals surface area contributed by atoms with Crippen LogP contribution in [0.15, 0.2) is 17.5 Å². The summed E-state index contributed by atoms with van der Waals surface area (Å²) in [5, 5.41) is 5.70. The number of thiophene rings is 1. The Balaban J connectivity index is 1.69. The van der Waals surface area contributed by atoms with Crippen LogP contribution < -0.4 is 5.32 Å². The van der Waals surface area contributed by atoms with E-state index in [0.29, 0.717) is 11.5 Å². The fraction of sp³-hybridized carbons (Fsp3) is 0.714. The Morgan fingerprint density at radius 3 is 2.94 bits per heavy atom. The van der Waals surface area contributed by atoms with E-state index in [0.717, 1.165) is 13.1 Å². The second-order valence-corrected chi connectivity index (χ2v) is 6.98. The van der Waals surface area contributed by atoms with Gasteiger partial charge in [-0.2, -0.15) is 0 Å². The largest absolute Gasteiger partial charge is 0.310 e. The first-order valence-corrected chi connectivity index (χ1v) is 7.42. The lowest BCUT2D eigenvalue weighted by molar-refractivity contribution is 0.225. The van der Waals surface area contributed by atoms with Gasteiger partial charge in [0.1, 0.15) is 0 Å². The van der Waals surface area contributed by atoms with Crippen LogP contribution in [-0.4, -0.2) is 30.6 Å². The molecule has 0 aliphatic carbocycles. The van der Waals surface area contributed by atoms with Crippen LogP contribution in [0.2, 0.25) is 0 Å². The van der Waals surface area contributed by atoms with Crippen molar-refractivity contribution >= 4 is 11.3 Å². The van der Waals surface area contributed by atoms with E-state index in [1.807, 2.05) is 11.3 Å². The number of hydrogen-bond acceptors (Lipinski definition) is 3. The van der Waals surface area contributed by atoms with Crippen LogP contribution >= 0.6 is 11.3 Å². The van der Waals surface area contributed by atoms with Gasteiger partial charge in [0.15, 0.2) is 0 Å². The van der Waals surface area contributed by atoms with Crippen LogP contribution in [0.1, 0.15) is 32.1 Å². The fourth-order valence-corrected chi connectivity index (χ4v) is 3.15. The summed E-state index contributed by atoms with van der Waals surface area (Å²) < 4.78 is 0. The molecular weight excluding hydrogens is 228 g/mol. The molecule has 0 radical (unpaired) electrons. The van der Waals surface area contributed by atoms with Crippen molar-refractivity contribution in [2.75, 3.05) is 19.6 Å². The number of nitrogens with zero attached hydrogens (tertiary/aromatic N) is 1. The van der Waals surface area contributed by atoms with Crippen LogP contribution in [0.25, 0.3) is 0 Å². The third-order valence-corrected chi connectivity index (χ3v) is 4.53. The Kier molecular flexibility index (Phi) is 4.23. The highest BCUT2D eigenvalue weighted by Crippen LogP contribution is 2.29. The predicted octanol–water partition coefficient (Wildman–Crippen LogP) is 2.96. The standard InChI is InChI=1S/C14H24N2S/c1-12(16-7-6-14(2,3)11-16)9-15-10-13-5-4-8-17-13/h4-5,8,12,15H,6-7,9-11H2,1-3H3. The van der Waals surface area contributed by atoms with Gasteiger partial charge in [-0.1, -0.05) is 19.9 Å². The molecule has 2 rings (SSSR count). The lowest BCUT2D eigenvalue weighted by Crippen LogP contribution is -2.39. The van der Waals surface area contributed by atoms with E-state index in [9.17, 15) is 0 Å². The van der Waals surface area contributed by atoms with Gasteiger partial charge in [0.25, 0.3) is 0 Å². The highest BCUT2D eigenvalue weighted by molar-refractivity contribution is 7.09. The Labute approximate surface area is 109 Å². The summed E-state index contributed by atoms with van der Waals surface area (Å²) in [6.45, 7) is 11.7. The molecular formula is C14H24N2S. The van der Waals surface area contributed by atoms with Gasteiger partial charge >= 0.3 is 0 Å². The van der Waals surface area contributed by atoms with Crippen molar-refractivity contribution in [1.29, 1.82) is 0 Å². The first-order chi connectivity index (χ1) is 8.07. The maximum absolute atomic E-state index is 3.56. The number of nitrogens with one attached hydrogen (secondary N) is 1. The van der Waals surface area contributed by atoms with E-state index < -0.39 is 0 Å². The SMILES string of the molecule is CC(CNCc1cccs1)N1CCC(C)(C)C1. The highest BCUT2D eigenvalue weighted by Gasteiger charge is 2.31. The molecule has 2 heterocycles. The summed E-state index contributed by atoms with van der Waals surface area (Å²) >= 11 is 1.83. The van der Waals surface area contributed by atoms with E-state index in [2.05, 4.69) is 48.5 Å². The van der Waals surface area contributed by atoms with Crippen molar-refractivity contribution < 1.29 is 0 Å². The van der Waals surface area contributed by atoms with Crippen LogP contribution in [0.4, 0.5) is 0 Å². The van der Waals surface area contributed by atoms with Crippen molar-refractivity contribution in [1.82, 2.24) is 10.2 Å². The highest BCUT2D eigenvalue weighted by atomic mass is 32.1. The zero-order chi connectivity index (χ0) is 12.3. The summed E-state index contributed by atoms with van der Waals surface area (Å²) in [7, 11) is 0. The van der Waals surface area contributed by atoms with Gasteiger partial charge < -0.3 is 5.32 Å². The zero-order valence-corrected chi connectivity index (χ0v) is 12.0. The molecule has 1 aromatic rings. The van der Waals surface area contributed by atoms with Crippen LogP contribution in [-0.2, 0) is 6.54 Å². The lowest BCUT2D eigenvalue weighted by Gasteiger charge is -2.26. The second kappa shape index (κ2) is 5.51. The van der Waals surface area contributed by atoms with Crippen molar-refractivity contribution in [3.05, 3.63) is 22.4 Å². The molecule has 1 aliphatic heterocycles. The minimum Gasteiger partial charge on any atom is -0.310 e. The van der Waals surface area contributed by atoms with Crippen molar-refractivity contribution in [2.45, 2.75) is 39.8 Å². The van der Waals surface area contributed by atoms with E-state index in [-0.39, 0.29) is 0 Å². The lowest BCUT2D eigenvalue weighted by atomic mass is 9.93. The maximum atomic E-state index is 3.56. The van der Waals surface area contributed by atoms with E-state index in [1.165, 1.54) is 24.4 Å². The van der Waals surface area contributed by atoms with Crippen molar-refractivity contribution in [2.24, 2.45) is 5.41 Å². The van der Waals surface area contributed by atoms with Crippen LogP contribution in [0, 0.1) is 5.41 Å². The van der Waals surface area contributed by atoms with Crippen molar-refractivity contribution in [3.8, 4) is 0 Å². The zero-order valence-electron chi connectivity index (χ0n) is 11.2. The molecule has 2 nitrogen and oxygen atoms in total. The molecule has 0 amide bonds. The van der Waals surface area contributed by atoms with Crippen molar-refractivity contribution in [3.63, 3.8) is 0 Å². The quantitative estimate of drug-likeness (QED) is 0.867. The summed E-state index contributed by atoms with van der Waals surface area (Å²) in [5.41, 5.74) is 0.516. The molecule has 1 saturated heterocycles. The third kappa shape index (κ3) is 3.80. The molecule has 1 N–H and O–H groups in total. The summed E-state index contributed by atoms with van der Waals surface area (Å²) in [6, 6.07) is 4.96. The minimum absolute atomic E-state index is 0.516. The first-order valence-electron chi connectivity index (χ1n) is 6.54. The van der Waals surface area contributed by atoms with Gasteiger partial charge in [-0.15, -0.1) is 11.3 Å². The molecule has 1 atom stereocenters. The van der Waals surface area contributed by atoms with E-state index >= 15 is 0 Å². The Bertz CT molecular complexity index is 332. The maximum Gasteiger partial charge on any atom is 0.0300 e. The molecule has 3 heteroatoms. The molecule has 0 spiro atoms. The normalized spacial score (nSPS) is 21.8. The summed E-state index contributed by atoms with van der Waals surface area (Å²) in [4.78, 5) is 4.04. The van der Waals surface area contributed by atoms with E-state index in [1.54, 1.807) is 0 Å². The molecule has 1 fully saturated rings. The Morgan fingerprint density at radius 1 is 1.53 bits per heavy atom. The monoisotopic (exact) mass is 252 g/mol. The van der Waals surface area contributed by atoms with Gasteiger partial charge in [0.2, 0.25) is 0 Å². The summed E-state index contributed by atoms with van der Waals surface area (Å²) in [5.74, 6) is 0. The predicted molar refractivity (Wildman–Crippen MR) is 75.5 cm³/mol. The third-order valence-electron chi connectivity index (χ3n) is 3.65. The number of rotatable bonds is 5. The molecule has 0 saturated carbocycles. The van der Waals surface area contributed by atoms with Crippen LogP contribution in [0.3, 0.4) is 0 Å². The molecule has 17 heavy (non-hydrogen) atoms. The minimum atomic E-state index is 0.516. The molecule has 0 aromatic carbocycles. The second-order valence-electron chi connectivity index (χ2n) is 5.94. The first kappa shape index (κ1) is 13.1. The van der Waals surface area contributed by atoms with Gasteiger partial charge in [-0.25, -0.2) is 0 Å². The molecule has 96 valence electrons. The average Bonchev–Trinajstić information content (AvgIpc) is 2.87. The van der Waals surface area contributed by atoms with Gasteiger partial charge in [-0.05, 0) is 36.8 Å². The van der Waals surface area contributed by atoms with E-state index in [4.69, 9.17) is 0 Å². The summed E-state index contributed by atoms with van der Waals surface area (Å²) in [6.07, 6.45) is 1.34. The number of likely N-dealkylation sites (tertiary alicyclic amines) is 1. The van der Waals surface area contributed by atoms with Gasteiger partial charge in [0, 0.05) is 30.6 Å². The molecule has 1 aliphatic rings. The number of hydrogen-bond donors (Lipinski definition) is 1. The molecule has 1 unspecified atom stereocenters.